The van der Waals surface area contributed by atoms with Gasteiger partial charge in [-0.05, 0) is 6.42 Å². The van der Waals surface area contributed by atoms with E-state index >= 15 is 0 Å². The van der Waals surface area contributed by atoms with Crippen LogP contribution in [0.4, 0.5) is 8.78 Å². The lowest BCUT2D eigenvalue weighted by atomic mass is 9.94. The fourth-order valence-electron chi connectivity index (χ4n) is 1.19. The van der Waals surface area contributed by atoms with E-state index in [1.807, 2.05) is 0 Å². The molecule has 0 saturated carbocycles. The maximum Gasteiger partial charge on any atom is 0.277 e. The van der Waals surface area contributed by atoms with Crippen LogP contribution < -0.4 is 0 Å². The zero-order chi connectivity index (χ0) is 9.03. The second-order valence-corrected chi connectivity index (χ2v) is 2.85. The second kappa shape index (κ2) is 3.81. The maximum absolute atomic E-state index is 13.1. The van der Waals surface area contributed by atoms with Gasteiger partial charge in [-0.15, -0.1) is 0 Å². The number of hydrogen-bond acceptors (Lipinski definition) is 1. The molecule has 0 bridgehead atoms. The Morgan fingerprint density at radius 2 is 2.25 bits per heavy atom. The summed E-state index contributed by atoms with van der Waals surface area (Å²) in [6.07, 6.45) is 7.09. The average molecular weight is 174 g/mol. The molecule has 0 N–H and O–H groups in total. The molecule has 1 nitrogen and oxygen atoms in total. The van der Waals surface area contributed by atoms with Gasteiger partial charge in [0.15, 0.2) is 0 Å². The van der Waals surface area contributed by atoms with Crippen LogP contribution in [0.5, 0.6) is 0 Å². The lowest BCUT2D eigenvalue weighted by Crippen LogP contribution is -2.32. The number of rotatable bonds is 3. The second-order valence-electron chi connectivity index (χ2n) is 2.85. The number of allylic oxidation sites excluding steroid dienone is 4. The van der Waals surface area contributed by atoms with Gasteiger partial charge < -0.3 is 4.74 Å². The van der Waals surface area contributed by atoms with Crippen molar-refractivity contribution in [3.63, 3.8) is 0 Å². The van der Waals surface area contributed by atoms with Crippen molar-refractivity contribution in [1.29, 1.82) is 0 Å². The lowest BCUT2D eigenvalue weighted by Gasteiger charge is -2.23. The minimum Gasteiger partial charge on any atom is -0.378 e. The predicted octanol–water partition coefficient (Wildman–Crippen LogP) is 2.40. The van der Waals surface area contributed by atoms with Crippen LogP contribution in [0.2, 0.25) is 0 Å². The van der Waals surface area contributed by atoms with Crippen molar-refractivity contribution in [1.82, 2.24) is 0 Å². The number of methoxy groups -OCH3 is 1. The van der Waals surface area contributed by atoms with Crippen LogP contribution in [0.1, 0.15) is 6.42 Å². The van der Waals surface area contributed by atoms with Crippen molar-refractivity contribution in [3.05, 3.63) is 24.3 Å². The van der Waals surface area contributed by atoms with Crippen molar-refractivity contribution in [2.75, 3.05) is 13.7 Å². The molecular formula is C9H12F2O. The smallest absolute Gasteiger partial charge is 0.277 e. The Hall–Kier alpha value is -0.700. The Morgan fingerprint density at radius 1 is 1.50 bits per heavy atom. The summed E-state index contributed by atoms with van der Waals surface area (Å²) >= 11 is 0. The molecule has 1 atom stereocenters. The first kappa shape index (κ1) is 9.39. The zero-order valence-corrected chi connectivity index (χ0v) is 6.97. The Kier molecular flexibility index (Phi) is 2.98. The van der Waals surface area contributed by atoms with Crippen molar-refractivity contribution in [3.8, 4) is 0 Å². The summed E-state index contributed by atoms with van der Waals surface area (Å²) in [4.78, 5) is 0. The molecule has 1 aliphatic carbocycles. The molecule has 3 heteroatoms. The van der Waals surface area contributed by atoms with Gasteiger partial charge in [0.05, 0.1) is 0 Å². The van der Waals surface area contributed by atoms with Gasteiger partial charge in [0, 0.05) is 13.0 Å². The number of ether oxygens (including phenoxy) is 1. The number of alkyl halides is 2. The maximum atomic E-state index is 13.1. The van der Waals surface area contributed by atoms with Crippen LogP contribution >= 0.6 is 0 Å². The Bertz CT molecular complexity index is 197. The van der Waals surface area contributed by atoms with Crippen molar-refractivity contribution < 1.29 is 13.5 Å². The summed E-state index contributed by atoms with van der Waals surface area (Å²) < 4.78 is 30.7. The topological polar surface area (TPSA) is 9.23 Å². The van der Waals surface area contributed by atoms with E-state index in [0.29, 0.717) is 6.42 Å². The van der Waals surface area contributed by atoms with E-state index in [0.717, 1.165) is 0 Å². The molecule has 1 unspecified atom stereocenters. The molecule has 0 aromatic carbocycles. The first-order chi connectivity index (χ1) is 5.67. The highest BCUT2D eigenvalue weighted by Gasteiger charge is 2.37. The summed E-state index contributed by atoms with van der Waals surface area (Å²) in [5.74, 6) is -3.45. The van der Waals surface area contributed by atoms with Gasteiger partial charge in [-0.2, -0.15) is 0 Å². The molecule has 0 aromatic heterocycles. The normalized spacial score (nSPS) is 23.1. The van der Waals surface area contributed by atoms with Gasteiger partial charge in [-0.25, -0.2) is 8.78 Å². The van der Waals surface area contributed by atoms with Crippen molar-refractivity contribution >= 4 is 0 Å². The van der Waals surface area contributed by atoms with E-state index in [9.17, 15) is 8.78 Å². The molecule has 0 aromatic rings. The SMILES string of the molecule is COCC(F)(F)C1C=CC=CC1. The van der Waals surface area contributed by atoms with Gasteiger partial charge in [0.1, 0.15) is 6.61 Å². The lowest BCUT2D eigenvalue weighted by molar-refractivity contribution is -0.0939. The van der Waals surface area contributed by atoms with Crippen LogP contribution in [0.25, 0.3) is 0 Å². The van der Waals surface area contributed by atoms with Crippen LogP contribution in [0.15, 0.2) is 24.3 Å². The van der Waals surface area contributed by atoms with Gasteiger partial charge in [0.25, 0.3) is 5.92 Å². The molecule has 0 saturated heterocycles. The average Bonchev–Trinajstić information content (AvgIpc) is 2.06. The van der Waals surface area contributed by atoms with E-state index in [4.69, 9.17) is 0 Å². The quantitative estimate of drug-likeness (QED) is 0.638. The zero-order valence-electron chi connectivity index (χ0n) is 6.97. The molecule has 1 aliphatic rings. The highest BCUT2D eigenvalue weighted by molar-refractivity contribution is 5.13. The fourth-order valence-corrected chi connectivity index (χ4v) is 1.19. The third kappa shape index (κ3) is 2.14. The third-order valence-corrected chi connectivity index (χ3v) is 1.86. The number of halogens is 2. The highest BCUT2D eigenvalue weighted by Crippen LogP contribution is 2.30. The molecule has 0 aliphatic heterocycles. The van der Waals surface area contributed by atoms with Gasteiger partial charge in [-0.1, -0.05) is 24.3 Å². The molecule has 68 valence electrons. The summed E-state index contributed by atoms with van der Waals surface area (Å²) in [6.45, 7) is -0.504. The minimum absolute atomic E-state index is 0.396. The molecule has 0 heterocycles. The molecule has 0 radical (unpaired) electrons. The molecule has 12 heavy (non-hydrogen) atoms. The minimum atomic E-state index is -2.74. The first-order valence-corrected chi connectivity index (χ1v) is 3.87. The number of hydrogen-bond donors (Lipinski definition) is 0. The third-order valence-electron chi connectivity index (χ3n) is 1.86. The van der Waals surface area contributed by atoms with Gasteiger partial charge >= 0.3 is 0 Å². The molecule has 0 amide bonds. The van der Waals surface area contributed by atoms with Crippen molar-refractivity contribution in [2.24, 2.45) is 5.92 Å². The highest BCUT2D eigenvalue weighted by atomic mass is 19.3. The van der Waals surface area contributed by atoms with E-state index in [2.05, 4.69) is 4.74 Å². The first-order valence-electron chi connectivity index (χ1n) is 3.87. The van der Waals surface area contributed by atoms with Crippen molar-refractivity contribution in [2.45, 2.75) is 12.3 Å². The van der Waals surface area contributed by atoms with Crippen LogP contribution in [0, 0.1) is 5.92 Å². The molecular weight excluding hydrogens is 162 g/mol. The monoisotopic (exact) mass is 174 g/mol. The summed E-state index contributed by atoms with van der Waals surface area (Å²) in [7, 11) is 1.29. The molecule has 0 spiro atoms. The predicted molar refractivity (Wildman–Crippen MR) is 43.2 cm³/mol. The van der Waals surface area contributed by atoms with Crippen LogP contribution in [0.3, 0.4) is 0 Å². The van der Waals surface area contributed by atoms with Gasteiger partial charge in [0.2, 0.25) is 0 Å². The molecule has 1 rings (SSSR count). The summed E-state index contributed by atoms with van der Waals surface area (Å²) in [5, 5.41) is 0. The van der Waals surface area contributed by atoms with E-state index in [-0.39, 0.29) is 0 Å². The molecule has 0 fully saturated rings. The fraction of sp³-hybridized carbons (Fsp3) is 0.556. The van der Waals surface area contributed by atoms with Crippen LogP contribution in [-0.2, 0) is 4.74 Å². The Balaban J connectivity index is 2.56. The largest absolute Gasteiger partial charge is 0.378 e. The van der Waals surface area contributed by atoms with E-state index < -0.39 is 18.4 Å². The van der Waals surface area contributed by atoms with E-state index in [1.165, 1.54) is 13.2 Å². The Morgan fingerprint density at radius 3 is 2.75 bits per heavy atom. The van der Waals surface area contributed by atoms with Gasteiger partial charge in [-0.3, -0.25) is 0 Å². The standard InChI is InChI=1S/C9H12F2O/c1-12-7-9(10,11)8-5-3-2-4-6-8/h2-5,8H,6-7H2,1H3. The summed E-state index contributed by atoms with van der Waals surface area (Å²) in [5.41, 5.74) is 0. The Labute approximate surface area is 70.7 Å². The summed E-state index contributed by atoms with van der Waals surface area (Å²) in [6, 6.07) is 0. The van der Waals surface area contributed by atoms with Crippen LogP contribution in [-0.4, -0.2) is 19.6 Å². The van der Waals surface area contributed by atoms with E-state index in [1.54, 1.807) is 18.2 Å².